The Morgan fingerprint density at radius 2 is 1.85 bits per heavy atom. The first-order valence-corrected chi connectivity index (χ1v) is 8.65. The van der Waals surface area contributed by atoms with Gasteiger partial charge in [-0.05, 0) is 55.9 Å². The fourth-order valence-corrected chi connectivity index (χ4v) is 6.37. The van der Waals surface area contributed by atoms with Crippen molar-refractivity contribution in [2.45, 2.75) is 55.1 Å². The molecular formula is C15H19FO3S. The molecule has 1 N–H and O–H groups in total. The molecule has 2 unspecified atom stereocenters. The van der Waals surface area contributed by atoms with Gasteiger partial charge in [0.1, 0.15) is 5.82 Å². The van der Waals surface area contributed by atoms with Crippen LogP contribution in [-0.2, 0) is 15.4 Å². The second kappa shape index (κ2) is 4.53. The molecule has 2 fully saturated rings. The summed E-state index contributed by atoms with van der Waals surface area (Å²) in [5.74, 6) is -0.335. The van der Waals surface area contributed by atoms with Crippen molar-refractivity contribution < 1.29 is 17.9 Å². The molecular weight excluding hydrogens is 279 g/mol. The molecule has 1 aromatic carbocycles. The molecule has 110 valence electrons. The molecule has 0 saturated carbocycles. The Labute approximate surface area is 118 Å². The summed E-state index contributed by atoms with van der Waals surface area (Å²) in [5.41, 5.74) is 0.217. The zero-order valence-electron chi connectivity index (χ0n) is 11.5. The summed E-state index contributed by atoms with van der Waals surface area (Å²) in [6.45, 7) is 1.76. The van der Waals surface area contributed by atoms with Crippen LogP contribution in [0.1, 0.15) is 43.2 Å². The molecule has 3 rings (SSSR count). The third kappa shape index (κ3) is 2.07. The van der Waals surface area contributed by atoms with Gasteiger partial charge >= 0.3 is 0 Å². The molecule has 2 atom stereocenters. The van der Waals surface area contributed by atoms with E-state index in [2.05, 4.69) is 0 Å². The van der Waals surface area contributed by atoms with Gasteiger partial charge in [-0.25, -0.2) is 12.8 Å². The summed E-state index contributed by atoms with van der Waals surface area (Å²) in [4.78, 5) is 0. The van der Waals surface area contributed by atoms with Gasteiger partial charge in [-0.15, -0.1) is 0 Å². The Balaban J connectivity index is 2.02. The van der Waals surface area contributed by atoms with Crippen LogP contribution < -0.4 is 0 Å². The average molecular weight is 298 g/mol. The van der Waals surface area contributed by atoms with Crippen molar-refractivity contribution in [2.75, 3.05) is 0 Å². The van der Waals surface area contributed by atoms with Crippen LogP contribution in [-0.4, -0.2) is 24.0 Å². The van der Waals surface area contributed by atoms with E-state index >= 15 is 0 Å². The van der Waals surface area contributed by atoms with Crippen LogP contribution >= 0.6 is 0 Å². The number of rotatable bonds is 1. The molecule has 2 aliphatic rings. The molecule has 2 aliphatic heterocycles. The Morgan fingerprint density at radius 3 is 2.40 bits per heavy atom. The highest BCUT2D eigenvalue weighted by Crippen LogP contribution is 2.46. The van der Waals surface area contributed by atoms with Gasteiger partial charge in [0.15, 0.2) is 9.84 Å². The van der Waals surface area contributed by atoms with Crippen LogP contribution in [0.3, 0.4) is 0 Å². The van der Waals surface area contributed by atoms with E-state index in [4.69, 9.17) is 0 Å². The summed E-state index contributed by atoms with van der Waals surface area (Å²) >= 11 is 0. The number of fused-ring (bicyclic) bond motifs is 2. The molecule has 1 aromatic rings. The van der Waals surface area contributed by atoms with Crippen LogP contribution in [0.4, 0.5) is 4.39 Å². The molecule has 0 aromatic heterocycles. The van der Waals surface area contributed by atoms with E-state index in [1.54, 1.807) is 13.0 Å². The van der Waals surface area contributed by atoms with E-state index in [1.165, 1.54) is 12.1 Å². The fraction of sp³-hybridized carbons (Fsp3) is 0.600. The maximum atomic E-state index is 13.2. The third-order valence-corrected chi connectivity index (χ3v) is 7.47. The van der Waals surface area contributed by atoms with E-state index in [9.17, 15) is 17.9 Å². The first kappa shape index (κ1) is 14.0. The predicted octanol–water partition coefficient (Wildman–Crippen LogP) is 2.45. The van der Waals surface area contributed by atoms with Crippen LogP contribution in [0.2, 0.25) is 0 Å². The van der Waals surface area contributed by atoms with Gasteiger partial charge in [-0.1, -0.05) is 12.5 Å². The van der Waals surface area contributed by atoms with Gasteiger partial charge in [0.05, 0.1) is 16.1 Å². The lowest BCUT2D eigenvalue weighted by Crippen LogP contribution is -2.50. The van der Waals surface area contributed by atoms with Gasteiger partial charge < -0.3 is 5.11 Å². The summed E-state index contributed by atoms with van der Waals surface area (Å²) in [6, 6.07) is 4.32. The number of halogens is 1. The summed E-state index contributed by atoms with van der Waals surface area (Å²) < 4.78 is 37.8. The van der Waals surface area contributed by atoms with Gasteiger partial charge in [0, 0.05) is 0 Å². The lowest BCUT2D eigenvalue weighted by atomic mass is 9.79. The number of aliphatic hydroxyl groups is 1. The molecule has 0 radical (unpaired) electrons. The second-order valence-corrected chi connectivity index (χ2v) is 8.67. The van der Waals surface area contributed by atoms with E-state index in [-0.39, 0.29) is 18.7 Å². The minimum Gasteiger partial charge on any atom is -0.385 e. The molecule has 2 saturated heterocycles. The lowest BCUT2D eigenvalue weighted by Gasteiger charge is -2.44. The minimum atomic E-state index is -3.10. The molecule has 2 heterocycles. The zero-order chi connectivity index (χ0) is 14.5. The van der Waals surface area contributed by atoms with Gasteiger partial charge in [-0.3, -0.25) is 0 Å². The number of hydrogen-bond acceptors (Lipinski definition) is 3. The van der Waals surface area contributed by atoms with E-state index in [0.717, 1.165) is 6.42 Å². The highest BCUT2D eigenvalue weighted by molar-refractivity contribution is 7.92. The molecule has 5 heteroatoms. The standard InChI is InChI=1S/C15H19FO3S/c1-10-7-11(16)5-6-14(10)15(17)8-12-3-2-4-13(9-15)20(12,18)19/h5-7,12-13,17H,2-4,8-9H2,1H3. The maximum absolute atomic E-state index is 13.2. The van der Waals surface area contributed by atoms with Gasteiger partial charge in [0.2, 0.25) is 0 Å². The molecule has 0 aliphatic carbocycles. The Morgan fingerprint density at radius 1 is 1.25 bits per heavy atom. The largest absolute Gasteiger partial charge is 0.385 e. The summed E-state index contributed by atoms with van der Waals surface area (Å²) in [5, 5.41) is 10.1. The monoisotopic (exact) mass is 298 g/mol. The molecule has 2 bridgehead atoms. The Hall–Kier alpha value is -0.940. The van der Waals surface area contributed by atoms with Crippen LogP contribution in [0, 0.1) is 12.7 Å². The number of hydrogen-bond donors (Lipinski definition) is 1. The minimum absolute atomic E-state index is 0.234. The van der Waals surface area contributed by atoms with Crippen molar-refractivity contribution >= 4 is 9.84 Å². The topological polar surface area (TPSA) is 54.4 Å². The number of sulfone groups is 1. The van der Waals surface area contributed by atoms with E-state index < -0.39 is 25.9 Å². The van der Waals surface area contributed by atoms with Crippen molar-refractivity contribution in [1.82, 2.24) is 0 Å². The lowest BCUT2D eigenvalue weighted by molar-refractivity contribution is 0.00440. The van der Waals surface area contributed by atoms with E-state index in [1.807, 2.05) is 0 Å². The zero-order valence-corrected chi connectivity index (χ0v) is 12.3. The van der Waals surface area contributed by atoms with Crippen LogP contribution in [0.25, 0.3) is 0 Å². The summed E-state index contributed by atoms with van der Waals surface area (Å²) in [6.07, 6.45) is 2.63. The predicted molar refractivity (Wildman–Crippen MR) is 74.6 cm³/mol. The van der Waals surface area contributed by atoms with Crippen molar-refractivity contribution in [2.24, 2.45) is 0 Å². The van der Waals surface area contributed by atoms with E-state index in [0.29, 0.717) is 24.0 Å². The Bertz CT molecular complexity index is 619. The molecule has 0 amide bonds. The van der Waals surface area contributed by atoms with Gasteiger partial charge in [0.25, 0.3) is 0 Å². The second-order valence-electron chi connectivity index (χ2n) is 6.16. The third-order valence-electron chi connectivity index (χ3n) is 4.80. The quantitative estimate of drug-likeness (QED) is 0.866. The first-order chi connectivity index (χ1) is 9.33. The number of benzene rings is 1. The normalized spacial score (nSPS) is 35.8. The first-order valence-electron chi connectivity index (χ1n) is 7.05. The smallest absolute Gasteiger partial charge is 0.156 e. The highest BCUT2D eigenvalue weighted by atomic mass is 32.2. The van der Waals surface area contributed by atoms with Crippen LogP contribution in [0.5, 0.6) is 0 Å². The van der Waals surface area contributed by atoms with Crippen molar-refractivity contribution in [3.05, 3.63) is 35.1 Å². The van der Waals surface area contributed by atoms with Crippen molar-refractivity contribution in [3.63, 3.8) is 0 Å². The van der Waals surface area contributed by atoms with Gasteiger partial charge in [-0.2, -0.15) is 0 Å². The molecule has 0 spiro atoms. The Kier molecular flexibility index (Phi) is 3.18. The molecule has 20 heavy (non-hydrogen) atoms. The van der Waals surface area contributed by atoms with Crippen molar-refractivity contribution in [3.8, 4) is 0 Å². The number of aryl methyl sites for hydroxylation is 1. The average Bonchev–Trinajstić information content (AvgIpc) is 2.31. The maximum Gasteiger partial charge on any atom is 0.156 e. The van der Waals surface area contributed by atoms with Crippen LogP contribution in [0.15, 0.2) is 18.2 Å². The molecule has 3 nitrogen and oxygen atoms in total. The fourth-order valence-electron chi connectivity index (χ4n) is 3.82. The van der Waals surface area contributed by atoms with Crippen molar-refractivity contribution in [1.29, 1.82) is 0 Å². The summed E-state index contributed by atoms with van der Waals surface area (Å²) in [7, 11) is -3.10. The SMILES string of the molecule is Cc1cc(F)ccc1C1(O)CC2CCCC(C1)S2(=O)=O. The highest BCUT2D eigenvalue weighted by Gasteiger charge is 2.51.